The molecule has 1 aliphatic heterocycles. The van der Waals surface area contributed by atoms with Gasteiger partial charge in [0, 0.05) is 30.4 Å². The van der Waals surface area contributed by atoms with Gasteiger partial charge in [-0.15, -0.1) is 0 Å². The second-order valence-corrected chi connectivity index (χ2v) is 13.8. The van der Waals surface area contributed by atoms with E-state index in [0.29, 0.717) is 10.8 Å². The molecule has 0 saturated heterocycles. The first kappa shape index (κ1) is 24.5. The maximum atomic E-state index is 12.8. The van der Waals surface area contributed by atoms with Gasteiger partial charge >= 0.3 is 6.18 Å². The second kappa shape index (κ2) is 8.24. The first-order valence-electron chi connectivity index (χ1n) is 10.6. The molecule has 0 amide bonds. The minimum Gasteiger partial charge on any atom is -0.446 e. The van der Waals surface area contributed by atoms with Gasteiger partial charge in [0.2, 0.25) is 6.49 Å². The molecule has 32 heavy (non-hydrogen) atoms. The second-order valence-electron chi connectivity index (χ2n) is 9.39. The largest absolute Gasteiger partial charge is 0.446 e. The van der Waals surface area contributed by atoms with Gasteiger partial charge in [0.1, 0.15) is 5.76 Å². The summed E-state index contributed by atoms with van der Waals surface area (Å²) < 4.78 is 55.6. The average Bonchev–Trinajstić information content (AvgIpc) is 3.16. The summed E-state index contributed by atoms with van der Waals surface area (Å²) in [6.45, 7) is 0.932. The highest BCUT2D eigenvalue weighted by Crippen LogP contribution is 2.58. The smallest absolute Gasteiger partial charge is 0.412 e. The van der Waals surface area contributed by atoms with Gasteiger partial charge in [0.15, 0.2) is 6.61 Å². The zero-order valence-corrected chi connectivity index (χ0v) is 21.0. The molecule has 1 saturated carbocycles. The van der Waals surface area contributed by atoms with Crippen molar-refractivity contribution in [3.8, 4) is 0 Å². The van der Waals surface area contributed by atoms with Crippen molar-refractivity contribution in [3.05, 3.63) is 39.6 Å². The van der Waals surface area contributed by atoms with E-state index in [1.807, 2.05) is 19.1 Å². The zero-order valence-electron chi connectivity index (χ0n) is 18.6. The average molecular weight is 510 g/mol. The van der Waals surface area contributed by atoms with Crippen LogP contribution in [-0.2, 0) is 32.0 Å². The molecule has 2 atom stereocenters. The monoisotopic (exact) mass is 509 g/mol. The summed E-state index contributed by atoms with van der Waals surface area (Å²) in [5.41, 5.74) is 3.44. The summed E-state index contributed by atoms with van der Waals surface area (Å²) in [5, 5.41) is 4.43. The molecule has 4 nitrogen and oxygen atoms in total. The standard InChI is InChI=1S/C22H28ClF3NO3PS/c1-13-9-15(23)10-14-11-16-18(17(13)14)19(30-31(4,32)29-12-22(24,25)26)21(27-16)7-5-20(2,28-3)6-8-21/h9-10,16,27H,5-8,11-12H2,1-4H3. The fraction of sp³-hybridized carbons (Fsp3) is 0.636. The highest BCUT2D eigenvalue weighted by Gasteiger charge is 2.54. The van der Waals surface area contributed by atoms with Crippen LogP contribution in [0.15, 0.2) is 17.9 Å². The summed E-state index contributed by atoms with van der Waals surface area (Å²) in [6.07, 6.45) is -0.643. The molecule has 0 aromatic heterocycles. The van der Waals surface area contributed by atoms with E-state index in [9.17, 15) is 13.2 Å². The lowest BCUT2D eigenvalue weighted by Crippen LogP contribution is -2.52. The van der Waals surface area contributed by atoms with Gasteiger partial charge in [-0.3, -0.25) is 5.32 Å². The minimum absolute atomic E-state index is 0.00156. The Balaban J connectivity index is 1.76. The summed E-state index contributed by atoms with van der Waals surface area (Å²) in [5.74, 6) is 0.651. The third-order valence-corrected chi connectivity index (χ3v) is 8.80. The molecule has 2 aliphatic carbocycles. The Morgan fingerprint density at radius 3 is 2.50 bits per heavy atom. The highest BCUT2D eigenvalue weighted by atomic mass is 35.5. The SMILES string of the molecule is COC1(C)CCC2(CC1)NC1Cc3cc(Cl)cc(C)c3C1=C2OP(C)(=S)OCC(F)(F)F. The topological polar surface area (TPSA) is 39.7 Å². The van der Waals surface area contributed by atoms with Crippen LogP contribution >= 0.6 is 18.1 Å². The van der Waals surface area contributed by atoms with Gasteiger partial charge < -0.3 is 13.8 Å². The van der Waals surface area contributed by atoms with Crippen LogP contribution in [0.3, 0.4) is 0 Å². The van der Waals surface area contributed by atoms with Gasteiger partial charge in [-0.1, -0.05) is 11.6 Å². The lowest BCUT2D eigenvalue weighted by molar-refractivity contribution is -0.153. The molecular formula is C22H28ClF3NO3PS. The first-order chi connectivity index (χ1) is 14.8. The van der Waals surface area contributed by atoms with Crippen LogP contribution in [0.4, 0.5) is 13.2 Å². The predicted octanol–water partition coefficient (Wildman–Crippen LogP) is 6.14. The zero-order chi connectivity index (χ0) is 23.5. The third kappa shape index (κ3) is 4.64. The maximum Gasteiger partial charge on any atom is 0.412 e. The van der Waals surface area contributed by atoms with Crippen LogP contribution in [0.2, 0.25) is 5.02 Å². The number of hydrogen-bond donors (Lipinski definition) is 1. The molecule has 1 N–H and O–H groups in total. The molecule has 1 heterocycles. The normalized spacial score (nSPS) is 31.6. The summed E-state index contributed by atoms with van der Waals surface area (Å²) >= 11 is 11.7. The van der Waals surface area contributed by atoms with Gasteiger partial charge in [-0.05, 0) is 86.6 Å². The van der Waals surface area contributed by atoms with Crippen LogP contribution in [-0.4, -0.2) is 43.7 Å². The summed E-state index contributed by atoms with van der Waals surface area (Å²) in [7, 11) is 1.71. The van der Waals surface area contributed by atoms with Crippen LogP contribution in [0.25, 0.3) is 5.57 Å². The lowest BCUT2D eigenvalue weighted by atomic mass is 9.74. The number of methoxy groups -OCH3 is 1. The molecule has 1 spiro atoms. The lowest BCUT2D eigenvalue weighted by Gasteiger charge is -2.44. The van der Waals surface area contributed by atoms with Gasteiger partial charge in [0.05, 0.1) is 11.1 Å². The quantitative estimate of drug-likeness (QED) is 0.483. The molecule has 1 aromatic carbocycles. The third-order valence-electron chi connectivity index (χ3n) is 6.93. The van der Waals surface area contributed by atoms with E-state index < -0.39 is 24.8 Å². The van der Waals surface area contributed by atoms with Crippen LogP contribution < -0.4 is 5.32 Å². The number of rotatable bonds is 5. The van der Waals surface area contributed by atoms with Crippen LogP contribution in [0, 0.1) is 6.92 Å². The first-order valence-corrected chi connectivity index (χ1v) is 14.1. The molecular weight excluding hydrogens is 482 g/mol. The highest BCUT2D eigenvalue weighted by molar-refractivity contribution is 8.09. The number of benzene rings is 1. The Hall–Kier alpha value is -0.630. The Bertz CT molecular complexity index is 1000. The molecule has 2 unspecified atom stereocenters. The van der Waals surface area contributed by atoms with Crippen LogP contribution in [0.1, 0.15) is 49.3 Å². The molecule has 0 radical (unpaired) electrons. The van der Waals surface area contributed by atoms with Crippen molar-refractivity contribution in [2.75, 3.05) is 20.4 Å². The Morgan fingerprint density at radius 1 is 1.25 bits per heavy atom. The van der Waals surface area contributed by atoms with Crippen molar-refractivity contribution in [1.82, 2.24) is 5.32 Å². The van der Waals surface area contributed by atoms with E-state index >= 15 is 0 Å². The minimum atomic E-state index is -4.46. The number of nitrogens with one attached hydrogen (secondary N) is 1. The molecule has 0 bridgehead atoms. The van der Waals surface area contributed by atoms with E-state index in [-0.39, 0.29) is 11.6 Å². The number of aryl methyl sites for hydroxylation is 1. The van der Waals surface area contributed by atoms with E-state index in [1.165, 1.54) is 6.66 Å². The Kier molecular flexibility index (Phi) is 6.31. The van der Waals surface area contributed by atoms with Crippen molar-refractivity contribution >= 4 is 35.5 Å². The predicted molar refractivity (Wildman–Crippen MR) is 124 cm³/mol. The van der Waals surface area contributed by atoms with E-state index in [1.54, 1.807) is 7.11 Å². The van der Waals surface area contributed by atoms with Crippen molar-refractivity contribution in [2.24, 2.45) is 0 Å². The molecule has 1 fully saturated rings. The molecule has 178 valence electrons. The molecule has 10 heteroatoms. The van der Waals surface area contributed by atoms with Crippen molar-refractivity contribution in [2.45, 2.75) is 69.3 Å². The number of ether oxygens (including phenoxy) is 1. The summed E-state index contributed by atoms with van der Waals surface area (Å²) in [4.78, 5) is 0. The fourth-order valence-corrected chi connectivity index (χ4v) is 6.92. The van der Waals surface area contributed by atoms with E-state index in [0.717, 1.165) is 54.4 Å². The summed E-state index contributed by atoms with van der Waals surface area (Å²) in [6, 6.07) is 3.86. The van der Waals surface area contributed by atoms with Crippen molar-refractivity contribution in [3.63, 3.8) is 0 Å². The van der Waals surface area contributed by atoms with E-state index in [4.69, 9.17) is 37.2 Å². The Labute approximate surface area is 197 Å². The van der Waals surface area contributed by atoms with Gasteiger partial charge in [-0.2, -0.15) is 13.2 Å². The molecule has 3 aliphatic rings. The molecule has 1 aromatic rings. The number of alkyl halides is 3. The van der Waals surface area contributed by atoms with Crippen LogP contribution in [0.5, 0.6) is 0 Å². The van der Waals surface area contributed by atoms with Crippen molar-refractivity contribution < 1.29 is 27.0 Å². The van der Waals surface area contributed by atoms with Gasteiger partial charge in [-0.25, -0.2) is 0 Å². The van der Waals surface area contributed by atoms with Crippen molar-refractivity contribution in [1.29, 1.82) is 0 Å². The number of halogens is 4. The number of fused-ring (bicyclic) bond motifs is 3. The van der Waals surface area contributed by atoms with E-state index in [2.05, 4.69) is 12.2 Å². The maximum absolute atomic E-state index is 12.8. The molecule has 4 rings (SSSR count). The van der Waals surface area contributed by atoms with Gasteiger partial charge in [0.25, 0.3) is 0 Å². The Morgan fingerprint density at radius 2 is 1.91 bits per heavy atom. The number of hydrogen-bond acceptors (Lipinski definition) is 5. The fourth-order valence-electron chi connectivity index (χ4n) is 5.21.